The van der Waals surface area contributed by atoms with Crippen molar-refractivity contribution in [3.63, 3.8) is 0 Å². The largest absolute Gasteiger partial charge is 0.333 e. The minimum absolute atomic E-state index is 0.0573. The summed E-state index contributed by atoms with van der Waals surface area (Å²) in [6, 6.07) is 14.1. The van der Waals surface area contributed by atoms with E-state index in [1.807, 2.05) is 42.6 Å². The first kappa shape index (κ1) is 16.4. The van der Waals surface area contributed by atoms with Gasteiger partial charge in [0.15, 0.2) is 5.69 Å². The fourth-order valence-electron chi connectivity index (χ4n) is 4.54. The van der Waals surface area contributed by atoms with Gasteiger partial charge in [0.2, 0.25) is 0 Å². The van der Waals surface area contributed by atoms with E-state index in [0.717, 1.165) is 49.2 Å². The van der Waals surface area contributed by atoms with Crippen LogP contribution in [0.5, 0.6) is 0 Å². The molecule has 1 amide bonds. The highest BCUT2D eigenvalue weighted by molar-refractivity contribution is 6.04. The third-order valence-corrected chi connectivity index (χ3v) is 5.83. The van der Waals surface area contributed by atoms with Gasteiger partial charge in [-0.05, 0) is 37.0 Å². The summed E-state index contributed by atoms with van der Waals surface area (Å²) in [5, 5.41) is 8.23. The van der Waals surface area contributed by atoms with Crippen LogP contribution in [0.2, 0.25) is 0 Å². The lowest BCUT2D eigenvalue weighted by Crippen LogP contribution is -2.47. The van der Waals surface area contributed by atoms with Gasteiger partial charge in [0, 0.05) is 43.8 Å². The van der Waals surface area contributed by atoms with E-state index in [2.05, 4.69) is 31.0 Å². The molecule has 3 aromatic rings. The van der Waals surface area contributed by atoms with Crippen molar-refractivity contribution in [2.75, 3.05) is 19.6 Å². The highest BCUT2D eigenvalue weighted by Crippen LogP contribution is 2.30. The zero-order valence-corrected chi connectivity index (χ0v) is 15.2. The zero-order valence-electron chi connectivity index (χ0n) is 15.2. The van der Waals surface area contributed by atoms with Crippen molar-refractivity contribution in [3.05, 3.63) is 60.0 Å². The van der Waals surface area contributed by atoms with Gasteiger partial charge in [0.25, 0.3) is 5.91 Å². The van der Waals surface area contributed by atoms with Crippen molar-refractivity contribution in [3.8, 4) is 0 Å². The van der Waals surface area contributed by atoms with Crippen molar-refractivity contribution in [2.24, 2.45) is 5.92 Å². The number of carbonyl (C=O) groups is 1. The summed E-state index contributed by atoms with van der Waals surface area (Å²) in [6.45, 7) is 3.60. The second-order valence-corrected chi connectivity index (χ2v) is 7.69. The Labute approximate surface area is 158 Å². The van der Waals surface area contributed by atoms with E-state index in [1.54, 1.807) is 0 Å². The van der Waals surface area contributed by atoms with Crippen molar-refractivity contribution in [2.45, 2.75) is 25.4 Å². The van der Waals surface area contributed by atoms with Crippen molar-refractivity contribution >= 4 is 16.8 Å². The molecule has 3 aliphatic rings. The van der Waals surface area contributed by atoms with Gasteiger partial charge in [-0.2, -0.15) is 5.10 Å². The lowest BCUT2D eigenvalue weighted by atomic mass is 9.94. The molecule has 0 saturated carbocycles. The Balaban J connectivity index is 1.38. The number of pyridine rings is 1. The molecule has 1 aromatic carbocycles. The normalized spacial score (nSPS) is 22.9. The van der Waals surface area contributed by atoms with E-state index in [1.165, 1.54) is 6.42 Å². The number of amides is 1. The van der Waals surface area contributed by atoms with Crippen molar-refractivity contribution in [1.82, 2.24) is 25.0 Å². The first-order valence-corrected chi connectivity index (χ1v) is 9.64. The third-order valence-electron chi connectivity index (χ3n) is 5.83. The molecule has 3 saturated heterocycles. The smallest absolute Gasteiger partial charge is 0.275 e. The van der Waals surface area contributed by atoms with Gasteiger partial charge < -0.3 is 4.90 Å². The fourth-order valence-corrected chi connectivity index (χ4v) is 4.54. The van der Waals surface area contributed by atoms with Crippen LogP contribution in [-0.2, 0) is 6.54 Å². The predicted octanol–water partition coefficient (Wildman–Crippen LogP) is 2.69. The Morgan fingerprint density at radius 2 is 1.96 bits per heavy atom. The summed E-state index contributed by atoms with van der Waals surface area (Å²) in [5.74, 6) is 0.573. The van der Waals surface area contributed by atoms with E-state index < -0.39 is 0 Å². The van der Waals surface area contributed by atoms with Crippen LogP contribution in [0.1, 0.15) is 29.0 Å². The van der Waals surface area contributed by atoms with Gasteiger partial charge in [-0.3, -0.25) is 19.8 Å². The maximum atomic E-state index is 13.3. The van der Waals surface area contributed by atoms with Crippen LogP contribution >= 0.6 is 0 Å². The van der Waals surface area contributed by atoms with E-state index in [9.17, 15) is 4.79 Å². The molecule has 3 aliphatic heterocycles. The average molecular weight is 361 g/mol. The number of nitrogens with one attached hydrogen (secondary N) is 1. The standard InChI is InChI=1S/C21H23N5O/c27-21(20-18-6-1-2-7-19(18)23-24-20)26-12-15-8-9-17(26)14-25(11-15)13-16-5-3-4-10-22-16/h1-7,10,15,17H,8-9,11-14H2,(H,23,24)/t15-,17+/m1/s1. The molecule has 0 spiro atoms. The number of aromatic nitrogens is 3. The van der Waals surface area contributed by atoms with Gasteiger partial charge in [0.05, 0.1) is 11.2 Å². The highest BCUT2D eigenvalue weighted by Gasteiger charge is 2.38. The van der Waals surface area contributed by atoms with Gasteiger partial charge in [0.1, 0.15) is 0 Å². The quantitative estimate of drug-likeness (QED) is 0.779. The van der Waals surface area contributed by atoms with Gasteiger partial charge in [-0.1, -0.05) is 24.3 Å². The molecule has 0 radical (unpaired) electrons. The zero-order chi connectivity index (χ0) is 18.2. The molecule has 138 valence electrons. The predicted molar refractivity (Wildman–Crippen MR) is 103 cm³/mol. The topological polar surface area (TPSA) is 65.1 Å². The van der Waals surface area contributed by atoms with Crippen molar-refractivity contribution < 1.29 is 4.79 Å². The molecule has 2 atom stereocenters. The van der Waals surface area contributed by atoms with E-state index in [-0.39, 0.29) is 11.9 Å². The van der Waals surface area contributed by atoms with Crippen molar-refractivity contribution in [1.29, 1.82) is 0 Å². The number of hydrogen-bond donors (Lipinski definition) is 1. The van der Waals surface area contributed by atoms with Gasteiger partial charge >= 0.3 is 0 Å². The first-order valence-electron chi connectivity index (χ1n) is 9.64. The SMILES string of the molecule is O=C(c1n[nH]c2ccccc12)N1C[C@@H]2CC[C@H]1CN(Cc1ccccn1)C2. The summed E-state index contributed by atoms with van der Waals surface area (Å²) in [4.78, 5) is 22.3. The van der Waals surface area contributed by atoms with Crippen LogP contribution in [0.25, 0.3) is 10.9 Å². The van der Waals surface area contributed by atoms with E-state index in [0.29, 0.717) is 11.6 Å². The number of aromatic amines is 1. The van der Waals surface area contributed by atoms with Crippen LogP contribution in [0, 0.1) is 5.92 Å². The molecule has 0 aliphatic carbocycles. The lowest BCUT2D eigenvalue weighted by Gasteiger charge is -2.35. The molecule has 1 N–H and O–H groups in total. The Morgan fingerprint density at radius 1 is 1.07 bits per heavy atom. The Bertz CT molecular complexity index is 953. The van der Waals surface area contributed by atoms with Crippen LogP contribution in [0.4, 0.5) is 0 Å². The summed E-state index contributed by atoms with van der Waals surface area (Å²) < 4.78 is 0. The molecular weight excluding hydrogens is 338 g/mol. The van der Waals surface area contributed by atoms with Crippen LogP contribution < -0.4 is 0 Å². The van der Waals surface area contributed by atoms with Gasteiger partial charge in [-0.15, -0.1) is 0 Å². The Hall–Kier alpha value is -2.73. The summed E-state index contributed by atoms with van der Waals surface area (Å²) in [7, 11) is 0. The maximum absolute atomic E-state index is 13.3. The molecule has 27 heavy (non-hydrogen) atoms. The summed E-state index contributed by atoms with van der Waals surface area (Å²) in [6.07, 6.45) is 4.10. The Morgan fingerprint density at radius 3 is 2.85 bits per heavy atom. The number of piperidine rings is 1. The summed E-state index contributed by atoms with van der Waals surface area (Å²) >= 11 is 0. The number of hydrogen-bond acceptors (Lipinski definition) is 4. The number of para-hydroxylation sites is 1. The molecule has 2 aromatic heterocycles. The molecule has 6 heteroatoms. The minimum Gasteiger partial charge on any atom is -0.333 e. The first-order chi connectivity index (χ1) is 13.3. The fraction of sp³-hybridized carbons (Fsp3) is 0.381. The summed E-state index contributed by atoms with van der Waals surface area (Å²) in [5.41, 5.74) is 2.56. The number of benzene rings is 1. The van der Waals surface area contributed by atoms with Gasteiger partial charge in [-0.25, -0.2) is 0 Å². The van der Waals surface area contributed by atoms with E-state index >= 15 is 0 Å². The van der Waals surface area contributed by atoms with Crippen LogP contribution in [0.3, 0.4) is 0 Å². The molecule has 0 unspecified atom stereocenters. The minimum atomic E-state index is 0.0573. The molecule has 5 heterocycles. The maximum Gasteiger partial charge on any atom is 0.275 e. The number of carbonyl (C=O) groups excluding carboxylic acids is 1. The molecule has 6 nitrogen and oxygen atoms in total. The number of fused-ring (bicyclic) bond motifs is 5. The highest BCUT2D eigenvalue weighted by atomic mass is 16.2. The number of rotatable bonds is 3. The molecule has 3 fully saturated rings. The Kier molecular flexibility index (Phi) is 4.13. The second-order valence-electron chi connectivity index (χ2n) is 7.69. The number of nitrogens with zero attached hydrogens (tertiary/aromatic N) is 4. The number of H-pyrrole nitrogens is 1. The monoisotopic (exact) mass is 361 g/mol. The average Bonchev–Trinajstić information content (AvgIpc) is 2.94. The second kappa shape index (κ2) is 6.78. The molecular formula is C21H23N5O. The molecule has 2 bridgehead atoms. The lowest BCUT2D eigenvalue weighted by molar-refractivity contribution is 0.0580. The third kappa shape index (κ3) is 3.10. The van der Waals surface area contributed by atoms with Crippen LogP contribution in [0.15, 0.2) is 48.7 Å². The van der Waals surface area contributed by atoms with Crippen LogP contribution in [-0.4, -0.2) is 56.6 Å². The van der Waals surface area contributed by atoms with E-state index in [4.69, 9.17) is 0 Å². The molecule has 6 rings (SSSR count).